The number of halogens is 1. The number of nitrogens with one attached hydrogen (secondary N) is 1. The molecule has 4 heterocycles. The van der Waals surface area contributed by atoms with E-state index < -0.39 is 0 Å². The molecule has 6 rings (SSSR count). The minimum absolute atomic E-state index is 0.0966. The fraction of sp³-hybridized carbons (Fsp3) is 0.552. The maximum atomic E-state index is 15.2. The minimum Gasteiger partial charge on any atom is -0.494 e. The fourth-order valence-electron chi connectivity index (χ4n) is 6.47. The van der Waals surface area contributed by atoms with Gasteiger partial charge >= 0.3 is 0 Å². The van der Waals surface area contributed by atoms with E-state index >= 15 is 4.39 Å². The van der Waals surface area contributed by atoms with Gasteiger partial charge < -0.3 is 24.6 Å². The first kappa shape index (κ1) is 23.7. The highest BCUT2D eigenvalue weighted by atomic mass is 19.1. The molecule has 3 saturated heterocycles. The van der Waals surface area contributed by atoms with Crippen molar-refractivity contribution in [3.05, 3.63) is 65.0 Å². The zero-order valence-corrected chi connectivity index (χ0v) is 21.6. The van der Waals surface area contributed by atoms with E-state index in [2.05, 4.69) is 40.4 Å². The summed E-state index contributed by atoms with van der Waals surface area (Å²) in [6, 6.07) is 8.22. The number of dihydropyridines is 1. The Balaban J connectivity index is 1.30. The Kier molecular flexibility index (Phi) is 6.16. The van der Waals surface area contributed by atoms with Crippen LogP contribution >= 0.6 is 0 Å². The van der Waals surface area contributed by atoms with Crippen LogP contribution in [0.1, 0.15) is 25.3 Å². The molecule has 6 nitrogen and oxygen atoms in total. The lowest BCUT2D eigenvalue weighted by Crippen LogP contribution is -2.45. The third-order valence-corrected chi connectivity index (χ3v) is 8.74. The van der Waals surface area contributed by atoms with Crippen molar-refractivity contribution in [2.75, 3.05) is 60.0 Å². The van der Waals surface area contributed by atoms with Gasteiger partial charge in [0.15, 0.2) is 5.76 Å². The number of aliphatic imine (C=N–C) groups is 1. The second-order valence-electron chi connectivity index (χ2n) is 11.3. The molecule has 1 aromatic rings. The number of methoxy groups -OCH3 is 1. The molecular formula is C29H37FN4O2. The van der Waals surface area contributed by atoms with Crippen molar-refractivity contribution in [2.45, 2.75) is 19.8 Å². The van der Waals surface area contributed by atoms with Crippen LogP contribution in [0.2, 0.25) is 0 Å². The normalized spacial score (nSPS) is 30.7. The van der Waals surface area contributed by atoms with Crippen molar-refractivity contribution in [3.63, 3.8) is 0 Å². The summed E-state index contributed by atoms with van der Waals surface area (Å²) in [6.07, 6.45) is 6.42. The highest BCUT2D eigenvalue weighted by Gasteiger charge is 2.46. The molecule has 1 aromatic carbocycles. The smallest absolute Gasteiger partial charge is 0.152 e. The van der Waals surface area contributed by atoms with E-state index in [9.17, 15) is 0 Å². The molecule has 192 valence electrons. The second-order valence-corrected chi connectivity index (χ2v) is 11.3. The van der Waals surface area contributed by atoms with Crippen LogP contribution in [0.4, 0.5) is 4.39 Å². The van der Waals surface area contributed by atoms with Gasteiger partial charge in [-0.15, -0.1) is 0 Å². The van der Waals surface area contributed by atoms with Gasteiger partial charge in [0.25, 0.3) is 0 Å². The van der Waals surface area contributed by atoms with Gasteiger partial charge in [0.2, 0.25) is 0 Å². The molecule has 0 amide bonds. The SMILES string of the molecule is COC1=C(F)C(C)C2C(=C1)N=C(c1ccc(OCC3CNC3)cc1)C=C2N1CCC2(CCN(C)C2)C1. The van der Waals surface area contributed by atoms with E-state index in [0.717, 1.165) is 68.6 Å². The summed E-state index contributed by atoms with van der Waals surface area (Å²) >= 11 is 0. The fourth-order valence-corrected chi connectivity index (χ4v) is 6.47. The number of ether oxygens (including phenoxy) is 2. The van der Waals surface area contributed by atoms with Gasteiger partial charge in [-0.1, -0.05) is 6.92 Å². The molecule has 3 atom stereocenters. The molecule has 36 heavy (non-hydrogen) atoms. The number of benzene rings is 1. The van der Waals surface area contributed by atoms with E-state index in [0.29, 0.717) is 17.1 Å². The number of likely N-dealkylation sites (tertiary alicyclic amines) is 2. The third kappa shape index (κ3) is 4.26. The van der Waals surface area contributed by atoms with Gasteiger partial charge in [0.1, 0.15) is 11.6 Å². The zero-order valence-electron chi connectivity index (χ0n) is 21.6. The molecule has 1 aliphatic carbocycles. The highest BCUT2D eigenvalue weighted by Crippen LogP contribution is 2.47. The Bertz CT molecular complexity index is 1140. The van der Waals surface area contributed by atoms with Crippen molar-refractivity contribution in [2.24, 2.45) is 28.2 Å². The van der Waals surface area contributed by atoms with Gasteiger partial charge in [-0.2, -0.15) is 0 Å². The maximum absolute atomic E-state index is 15.2. The van der Waals surface area contributed by atoms with Gasteiger partial charge in [0.05, 0.1) is 31.0 Å². The molecule has 0 bridgehead atoms. The molecule has 3 fully saturated rings. The number of hydrogen-bond acceptors (Lipinski definition) is 6. The Morgan fingerprint density at radius 2 is 1.89 bits per heavy atom. The summed E-state index contributed by atoms with van der Waals surface area (Å²) in [5, 5.41) is 3.28. The average Bonchev–Trinajstić information content (AvgIpc) is 3.44. The molecule has 7 heteroatoms. The second kappa shape index (κ2) is 9.34. The van der Waals surface area contributed by atoms with E-state index in [1.165, 1.54) is 25.6 Å². The van der Waals surface area contributed by atoms with Gasteiger partial charge in [-0.25, -0.2) is 4.39 Å². The lowest BCUT2D eigenvalue weighted by Gasteiger charge is -2.38. The van der Waals surface area contributed by atoms with Crippen LogP contribution in [0.5, 0.6) is 5.75 Å². The Morgan fingerprint density at radius 3 is 2.56 bits per heavy atom. The number of rotatable bonds is 6. The van der Waals surface area contributed by atoms with Crippen LogP contribution in [-0.4, -0.2) is 75.5 Å². The van der Waals surface area contributed by atoms with Gasteiger partial charge in [0, 0.05) is 67.3 Å². The molecule has 0 radical (unpaired) electrons. The van der Waals surface area contributed by atoms with Crippen molar-refractivity contribution >= 4 is 5.71 Å². The van der Waals surface area contributed by atoms with Crippen LogP contribution < -0.4 is 10.1 Å². The van der Waals surface area contributed by atoms with E-state index in [-0.39, 0.29) is 17.7 Å². The van der Waals surface area contributed by atoms with E-state index in [1.807, 2.05) is 19.1 Å². The summed E-state index contributed by atoms with van der Waals surface area (Å²) in [5.41, 5.74) is 4.37. The number of nitrogens with zero attached hydrogens (tertiary/aromatic N) is 3. The third-order valence-electron chi connectivity index (χ3n) is 8.74. The quantitative estimate of drug-likeness (QED) is 0.651. The zero-order chi connectivity index (χ0) is 24.9. The Hall–Kier alpha value is -2.64. The summed E-state index contributed by atoms with van der Waals surface area (Å²) in [5.74, 6) is 1.18. The average molecular weight is 493 g/mol. The molecule has 1 N–H and O–H groups in total. The van der Waals surface area contributed by atoms with E-state index in [4.69, 9.17) is 14.5 Å². The Morgan fingerprint density at radius 1 is 1.11 bits per heavy atom. The van der Waals surface area contributed by atoms with Crippen LogP contribution in [0.3, 0.4) is 0 Å². The van der Waals surface area contributed by atoms with E-state index in [1.54, 1.807) is 6.08 Å². The maximum Gasteiger partial charge on any atom is 0.152 e. The largest absolute Gasteiger partial charge is 0.494 e. The van der Waals surface area contributed by atoms with Crippen molar-refractivity contribution in [3.8, 4) is 5.75 Å². The van der Waals surface area contributed by atoms with Gasteiger partial charge in [-0.05, 0) is 56.8 Å². The monoisotopic (exact) mass is 492 g/mol. The van der Waals surface area contributed by atoms with Crippen molar-refractivity contribution in [1.29, 1.82) is 0 Å². The van der Waals surface area contributed by atoms with Crippen LogP contribution in [0, 0.1) is 23.2 Å². The molecule has 4 aliphatic heterocycles. The van der Waals surface area contributed by atoms with Gasteiger partial charge in [-0.3, -0.25) is 4.99 Å². The molecule has 5 aliphatic rings. The number of allylic oxidation sites excluding steroid dienone is 3. The van der Waals surface area contributed by atoms with Crippen LogP contribution in [0.25, 0.3) is 0 Å². The Labute approximate surface area is 213 Å². The van der Waals surface area contributed by atoms with Crippen LogP contribution in [0.15, 0.2) is 64.4 Å². The highest BCUT2D eigenvalue weighted by molar-refractivity contribution is 6.10. The summed E-state index contributed by atoms with van der Waals surface area (Å²) in [7, 11) is 3.75. The lowest BCUT2D eigenvalue weighted by molar-refractivity contribution is 0.199. The lowest BCUT2D eigenvalue weighted by atomic mass is 9.80. The summed E-state index contributed by atoms with van der Waals surface area (Å²) < 4.78 is 26.6. The van der Waals surface area contributed by atoms with Crippen molar-refractivity contribution < 1.29 is 13.9 Å². The standard InChI is InChI=1S/C29H37FN4O2/c1-19-27-24(13-26(35-3)28(19)30)32-23(21-4-6-22(7-5-21)36-16-20-14-31-15-20)12-25(27)34-11-9-29(18-34)8-10-33(2)17-29/h4-7,12-13,19-20,27,31H,8-11,14-18H2,1-3H3. The summed E-state index contributed by atoms with van der Waals surface area (Å²) in [6.45, 7) is 9.10. The molecule has 1 spiro atoms. The molecule has 3 unspecified atom stereocenters. The first-order valence-corrected chi connectivity index (χ1v) is 13.3. The summed E-state index contributed by atoms with van der Waals surface area (Å²) in [4.78, 5) is 10.00. The van der Waals surface area contributed by atoms with Crippen molar-refractivity contribution in [1.82, 2.24) is 15.1 Å². The topological polar surface area (TPSA) is 49.3 Å². The first-order chi connectivity index (χ1) is 17.4. The minimum atomic E-state index is -0.309. The first-order valence-electron chi connectivity index (χ1n) is 13.3. The molecule has 0 saturated carbocycles. The number of fused-ring (bicyclic) bond motifs is 1. The van der Waals surface area contributed by atoms with Crippen LogP contribution in [-0.2, 0) is 4.74 Å². The molecular weight excluding hydrogens is 455 g/mol. The number of hydrogen-bond donors (Lipinski definition) is 1. The predicted molar refractivity (Wildman–Crippen MR) is 140 cm³/mol. The molecule has 0 aromatic heterocycles. The predicted octanol–water partition coefficient (Wildman–Crippen LogP) is 3.98.